The second-order valence-electron chi connectivity index (χ2n) is 4.34. The third kappa shape index (κ3) is 4.38. The van der Waals surface area contributed by atoms with Gasteiger partial charge in [-0.2, -0.15) is 0 Å². The van der Waals surface area contributed by atoms with E-state index in [2.05, 4.69) is 0 Å². The Balaban J connectivity index is 1.92. The number of halogens is 3. The van der Waals surface area contributed by atoms with Crippen molar-refractivity contribution in [2.24, 2.45) is 0 Å². The molecule has 0 saturated carbocycles. The molecule has 1 atom stereocenters. The highest BCUT2D eigenvalue weighted by molar-refractivity contribution is 7.99. The van der Waals surface area contributed by atoms with E-state index in [1.807, 2.05) is 0 Å². The molecule has 20 heavy (non-hydrogen) atoms. The zero-order valence-corrected chi connectivity index (χ0v) is 12.9. The first-order valence-electron chi connectivity index (χ1n) is 6.05. The van der Waals surface area contributed by atoms with Gasteiger partial charge < -0.3 is 5.11 Å². The van der Waals surface area contributed by atoms with Gasteiger partial charge in [0.25, 0.3) is 0 Å². The number of benzene rings is 2. The van der Waals surface area contributed by atoms with E-state index in [1.165, 1.54) is 17.8 Å². The zero-order valence-electron chi connectivity index (χ0n) is 10.5. The van der Waals surface area contributed by atoms with Crippen LogP contribution in [0.2, 0.25) is 10.0 Å². The minimum Gasteiger partial charge on any atom is -0.392 e. The van der Waals surface area contributed by atoms with Gasteiger partial charge in [0.15, 0.2) is 0 Å². The molecule has 0 radical (unpaired) electrons. The number of hydrogen-bond acceptors (Lipinski definition) is 2. The molecule has 0 heterocycles. The Morgan fingerprint density at radius 3 is 2.60 bits per heavy atom. The second kappa shape index (κ2) is 7.32. The summed E-state index contributed by atoms with van der Waals surface area (Å²) in [4.78, 5) is 0.536. The number of thioether (sulfide) groups is 1. The summed E-state index contributed by atoms with van der Waals surface area (Å²) in [6, 6.07) is 11.7. The summed E-state index contributed by atoms with van der Waals surface area (Å²) in [7, 11) is 0. The van der Waals surface area contributed by atoms with Crippen LogP contribution in [-0.2, 0) is 6.42 Å². The first-order valence-corrected chi connectivity index (χ1v) is 7.79. The van der Waals surface area contributed by atoms with Crippen molar-refractivity contribution in [1.29, 1.82) is 0 Å². The molecule has 2 aromatic rings. The smallest absolute Gasteiger partial charge is 0.136 e. The van der Waals surface area contributed by atoms with Gasteiger partial charge in [-0.1, -0.05) is 41.4 Å². The zero-order chi connectivity index (χ0) is 14.5. The van der Waals surface area contributed by atoms with Crippen LogP contribution in [0.3, 0.4) is 0 Å². The lowest BCUT2D eigenvalue weighted by molar-refractivity contribution is 0.200. The van der Waals surface area contributed by atoms with Crippen molar-refractivity contribution in [3.05, 3.63) is 63.9 Å². The molecule has 0 spiro atoms. The first kappa shape index (κ1) is 15.6. The molecule has 5 heteroatoms. The van der Waals surface area contributed by atoms with Crippen LogP contribution in [0, 0.1) is 5.82 Å². The SMILES string of the molecule is OC(CSc1ccccc1F)Cc1ccc(Cl)cc1Cl. The third-order valence-corrected chi connectivity index (χ3v) is 4.52. The van der Waals surface area contributed by atoms with Crippen LogP contribution in [0.15, 0.2) is 47.4 Å². The molecule has 0 aliphatic heterocycles. The van der Waals surface area contributed by atoms with Gasteiger partial charge in [0, 0.05) is 27.1 Å². The summed E-state index contributed by atoms with van der Waals surface area (Å²) in [6.07, 6.45) is -0.185. The van der Waals surface area contributed by atoms with E-state index in [4.69, 9.17) is 23.2 Å². The van der Waals surface area contributed by atoms with E-state index in [9.17, 15) is 9.50 Å². The van der Waals surface area contributed by atoms with Crippen LogP contribution >= 0.6 is 35.0 Å². The molecule has 106 valence electrons. The minimum absolute atomic E-state index is 0.269. The molecule has 0 aliphatic rings. The van der Waals surface area contributed by atoms with Gasteiger partial charge in [-0.25, -0.2) is 4.39 Å². The van der Waals surface area contributed by atoms with E-state index < -0.39 is 6.10 Å². The van der Waals surface area contributed by atoms with Crippen LogP contribution < -0.4 is 0 Å². The number of aliphatic hydroxyl groups excluding tert-OH is 1. The minimum atomic E-state index is -0.599. The van der Waals surface area contributed by atoms with Crippen molar-refractivity contribution in [2.75, 3.05) is 5.75 Å². The van der Waals surface area contributed by atoms with Crippen molar-refractivity contribution >= 4 is 35.0 Å². The van der Waals surface area contributed by atoms with Crippen molar-refractivity contribution in [1.82, 2.24) is 0 Å². The molecule has 1 unspecified atom stereocenters. The Morgan fingerprint density at radius 2 is 1.90 bits per heavy atom. The van der Waals surface area contributed by atoms with E-state index in [1.54, 1.807) is 36.4 Å². The molecule has 0 aromatic heterocycles. The Hall–Kier alpha value is -0.740. The largest absolute Gasteiger partial charge is 0.392 e. The maximum Gasteiger partial charge on any atom is 0.136 e. The molecule has 0 aliphatic carbocycles. The van der Waals surface area contributed by atoms with Crippen LogP contribution in [0.4, 0.5) is 4.39 Å². The molecule has 1 nitrogen and oxygen atoms in total. The highest BCUT2D eigenvalue weighted by Gasteiger charge is 2.11. The molecule has 2 aromatic carbocycles. The van der Waals surface area contributed by atoms with Crippen molar-refractivity contribution in [3.8, 4) is 0 Å². The average Bonchev–Trinajstić information content (AvgIpc) is 2.41. The third-order valence-electron chi connectivity index (χ3n) is 2.74. The monoisotopic (exact) mass is 330 g/mol. The fourth-order valence-corrected chi connectivity index (χ4v) is 3.10. The fraction of sp³-hybridized carbons (Fsp3) is 0.200. The molecule has 2 rings (SSSR count). The van der Waals surface area contributed by atoms with E-state index in [-0.39, 0.29) is 5.82 Å². The van der Waals surface area contributed by atoms with E-state index in [0.29, 0.717) is 27.1 Å². The predicted octanol–water partition coefficient (Wildman–Crippen LogP) is 4.83. The average molecular weight is 331 g/mol. The summed E-state index contributed by atoms with van der Waals surface area (Å²) in [5.74, 6) is 0.133. The summed E-state index contributed by atoms with van der Waals surface area (Å²) in [6.45, 7) is 0. The highest BCUT2D eigenvalue weighted by atomic mass is 35.5. The molecule has 0 saturated heterocycles. The van der Waals surface area contributed by atoms with Gasteiger partial charge >= 0.3 is 0 Å². The standard InChI is InChI=1S/C15H13Cl2FOS/c16-11-6-5-10(13(17)8-11)7-12(19)9-20-15-4-2-1-3-14(15)18/h1-6,8,12,19H,7,9H2. The summed E-state index contributed by atoms with van der Waals surface area (Å²) in [5.41, 5.74) is 0.831. The maximum absolute atomic E-state index is 13.4. The normalized spacial score (nSPS) is 12.4. The van der Waals surface area contributed by atoms with Crippen LogP contribution in [0.25, 0.3) is 0 Å². The van der Waals surface area contributed by atoms with Crippen LogP contribution in [0.5, 0.6) is 0 Å². The van der Waals surface area contributed by atoms with Crippen LogP contribution in [-0.4, -0.2) is 17.0 Å². The van der Waals surface area contributed by atoms with Crippen molar-refractivity contribution in [3.63, 3.8) is 0 Å². The molecular formula is C15H13Cl2FOS. The van der Waals surface area contributed by atoms with E-state index in [0.717, 1.165) is 5.56 Å². The lowest BCUT2D eigenvalue weighted by Crippen LogP contribution is -2.13. The van der Waals surface area contributed by atoms with Gasteiger partial charge in [0.2, 0.25) is 0 Å². The van der Waals surface area contributed by atoms with Gasteiger partial charge in [-0.3, -0.25) is 0 Å². The van der Waals surface area contributed by atoms with Crippen LogP contribution in [0.1, 0.15) is 5.56 Å². The topological polar surface area (TPSA) is 20.2 Å². The number of aliphatic hydroxyl groups is 1. The Bertz CT molecular complexity index is 592. The van der Waals surface area contributed by atoms with Crippen molar-refractivity contribution < 1.29 is 9.50 Å². The predicted molar refractivity (Wildman–Crippen MR) is 83.3 cm³/mol. The maximum atomic E-state index is 13.4. The molecule has 0 fully saturated rings. The van der Waals surface area contributed by atoms with Gasteiger partial charge in [0.1, 0.15) is 5.82 Å². The first-order chi connectivity index (χ1) is 9.56. The molecule has 1 N–H and O–H groups in total. The highest BCUT2D eigenvalue weighted by Crippen LogP contribution is 2.25. The molecule has 0 amide bonds. The van der Waals surface area contributed by atoms with E-state index >= 15 is 0 Å². The Kier molecular flexibility index (Phi) is 5.73. The lowest BCUT2D eigenvalue weighted by Gasteiger charge is -2.12. The Labute approximate surface area is 131 Å². The number of hydrogen-bond donors (Lipinski definition) is 1. The lowest BCUT2D eigenvalue weighted by atomic mass is 10.1. The second-order valence-corrected chi connectivity index (χ2v) is 6.24. The Morgan fingerprint density at radius 1 is 1.15 bits per heavy atom. The number of rotatable bonds is 5. The molecule has 0 bridgehead atoms. The quantitative estimate of drug-likeness (QED) is 0.792. The fourth-order valence-electron chi connectivity index (χ4n) is 1.75. The van der Waals surface area contributed by atoms with Gasteiger partial charge in [-0.05, 0) is 29.8 Å². The summed E-state index contributed by atoms with van der Waals surface area (Å²) >= 11 is 13.2. The summed E-state index contributed by atoms with van der Waals surface area (Å²) < 4.78 is 13.4. The van der Waals surface area contributed by atoms with Gasteiger partial charge in [-0.15, -0.1) is 11.8 Å². The summed E-state index contributed by atoms with van der Waals surface area (Å²) in [5, 5.41) is 11.1. The van der Waals surface area contributed by atoms with Gasteiger partial charge in [0.05, 0.1) is 6.10 Å². The van der Waals surface area contributed by atoms with Crippen molar-refractivity contribution in [2.45, 2.75) is 17.4 Å². The molecular weight excluding hydrogens is 318 g/mol.